The van der Waals surface area contributed by atoms with Crippen LogP contribution in [0.1, 0.15) is 13.8 Å². The number of hydrogen-bond acceptors (Lipinski definition) is 3. The van der Waals surface area contributed by atoms with E-state index >= 15 is 0 Å². The number of anilines is 1. The summed E-state index contributed by atoms with van der Waals surface area (Å²) in [7, 11) is 0. The van der Waals surface area contributed by atoms with Crippen LogP contribution < -0.4 is 10.9 Å². The van der Waals surface area contributed by atoms with Crippen molar-refractivity contribution < 1.29 is 0 Å². The first kappa shape index (κ1) is 11.5. The molecule has 1 rings (SSSR count). The largest absolute Gasteiger partial charge is 0.365 e. The Morgan fingerprint density at radius 3 is 2.86 bits per heavy atom. The zero-order valence-electron chi connectivity index (χ0n) is 7.84. The van der Waals surface area contributed by atoms with E-state index in [1.54, 1.807) is 0 Å². The van der Waals surface area contributed by atoms with E-state index < -0.39 is 0 Å². The van der Waals surface area contributed by atoms with Crippen LogP contribution in [0, 0.1) is 0 Å². The van der Waals surface area contributed by atoms with E-state index in [0.29, 0.717) is 10.3 Å². The van der Waals surface area contributed by atoms with Crippen LogP contribution in [0.15, 0.2) is 15.6 Å². The molecule has 0 aliphatic rings. The van der Waals surface area contributed by atoms with Crippen molar-refractivity contribution >= 4 is 33.3 Å². The van der Waals surface area contributed by atoms with Crippen molar-refractivity contribution in [3.63, 3.8) is 0 Å². The summed E-state index contributed by atoms with van der Waals surface area (Å²) in [5, 5.41) is 3.00. The van der Waals surface area contributed by atoms with E-state index in [1.807, 2.05) is 13.8 Å². The van der Waals surface area contributed by atoms with Gasteiger partial charge in [-0.3, -0.25) is 4.79 Å². The van der Waals surface area contributed by atoms with E-state index in [2.05, 4.69) is 31.2 Å². The van der Waals surface area contributed by atoms with Crippen molar-refractivity contribution in [2.75, 3.05) is 5.32 Å². The Hall–Kier alpha value is -0.550. The molecule has 0 fully saturated rings. The van der Waals surface area contributed by atoms with Gasteiger partial charge in [-0.25, -0.2) is 4.98 Å². The maximum atomic E-state index is 11.2. The van der Waals surface area contributed by atoms with Gasteiger partial charge < -0.3 is 10.3 Å². The lowest BCUT2D eigenvalue weighted by atomic mass is 10.2. The van der Waals surface area contributed by atoms with Crippen LogP contribution in [-0.4, -0.2) is 21.4 Å². The Balaban J connectivity index is 2.87. The second-order valence-electron chi connectivity index (χ2n) is 3.00. The maximum absolute atomic E-state index is 11.2. The van der Waals surface area contributed by atoms with Crippen LogP contribution in [0.3, 0.4) is 0 Å². The lowest BCUT2D eigenvalue weighted by molar-refractivity contribution is 0.765. The minimum Gasteiger partial charge on any atom is -0.365 e. The van der Waals surface area contributed by atoms with Crippen molar-refractivity contribution in [3.8, 4) is 0 Å². The number of aromatic nitrogens is 2. The maximum Gasteiger partial charge on any atom is 0.267 e. The Labute approximate surface area is 95.2 Å². The van der Waals surface area contributed by atoms with Gasteiger partial charge in [-0.2, -0.15) is 0 Å². The smallest absolute Gasteiger partial charge is 0.267 e. The summed E-state index contributed by atoms with van der Waals surface area (Å²) in [5.74, 6) is 0.508. The Morgan fingerprint density at radius 1 is 1.64 bits per heavy atom. The fourth-order valence-electron chi connectivity index (χ4n) is 0.814. The molecule has 0 radical (unpaired) electrons. The van der Waals surface area contributed by atoms with Gasteiger partial charge in [0.1, 0.15) is 10.3 Å². The highest BCUT2D eigenvalue weighted by molar-refractivity contribution is 9.10. The number of alkyl halides is 1. The summed E-state index contributed by atoms with van der Waals surface area (Å²) in [6.07, 6.45) is 1.35. The summed E-state index contributed by atoms with van der Waals surface area (Å²) >= 11 is 9.02. The second-order valence-corrected chi connectivity index (χ2v) is 4.49. The van der Waals surface area contributed by atoms with Gasteiger partial charge in [0.05, 0.1) is 11.7 Å². The van der Waals surface area contributed by atoms with Crippen molar-refractivity contribution in [1.82, 2.24) is 9.97 Å². The van der Waals surface area contributed by atoms with Gasteiger partial charge in [-0.05, 0) is 29.8 Å². The van der Waals surface area contributed by atoms with E-state index in [-0.39, 0.29) is 17.0 Å². The zero-order valence-corrected chi connectivity index (χ0v) is 10.2. The Morgan fingerprint density at radius 2 is 2.29 bits per heavy atom. The number of nitrogens with zero attached hydrogens (tertiary/aromatic N) is 1. The lowest BCUT2D eigenvalue weighted by Gasteiger charge is -2.16. The minimum atomic E-state index is -0.211. The highest BCUT2D eigenvalue weighted by atomic mass is 79.9. The number of H-pyrrole nitrogens is 1. The van der Waals surface area contributed by atoms with E-state index in [1.165, 1.54) is 6.33 Å². The summed E-state index contributed by atoms with van der Waals surface area (Å²) in [4.78, 5) is 17.6. The van der Waals surface area contributed by atoms with Crippen molar-refractivity contribution in [2.45, 2.75) is 25.3 Å². The first-order chi connectivity index (χ1) is 6.52. The number of nitrogens with one attached hydrogen (secondary N) is 2. The molecule has 6 heteroatoms. The summed E-state index contributed by atoms with van der Waals surface area (Å²) in [5.41, 5.74) is -0.211. The molecule has 0 amide bonds. The molecule has 0 spiro atoms. The highest BCUT2D eigenvalue weighted by Gasteiger charge is 2.12. The molecule has 78 valence electrons. The molecule has 0 aliphatic carbocycles. The van der Waals surface area contributed by atoms with Gasteiger partial charge in [0.25, 0.3) is 5.56 Å². The summed E-state index contributed by atoms with van der Waals surface area (Å²) in [6.45, 7) is 3.80. The number of aromatic amines is 1. The molecule has 0 bridgehead atoms. The van der Waals surface area contributed by atoms with E-state index in [9.17, 15) is 4.79 Å². The third kappa shape index (κ3) is 2.72. The molecule has 4 nitrogen and oxygen atoms in total. The fraction of sp³-hybridized carbons (Fsp3) is 0.500. The van der Waals surface area contributed by atoms with Crippen LogP contribution in [0.5, 0.6) is 0 Å². The number of hydrogen-bond donors (Lipinski definition) is 2. The Bertz CT molecular complexity index is 366. The molecule has 1 aromatic rings. The van der Waals surface area contributed by atoms with Gasteiger partial charge in [0.15, 0.2) is 0 Å². The molecule has 0 saturated carbocycles. The SMILES string of the molecule is CC(Cl)C(C)Nc1nc[nH]c(=O)c1Br. The fourth-order valence-corrected chi connectivity index (χ4v) is 1.21. The van der Waals surface area contributed by atoms with Crippen molar-refractivity contribution in [2.24, 2.45) is 0 Å². The van der Waals surface area contributed by atoms with Gasteiger partial charge in [0.2, 0.25) is 0 Å². The van der Waals surface area contributed by atoms with Crippen LogP contribution in [0.4, 0.5) is 5.82 Å². The van der Waals surface area contributed by atoms with Crippen LogP contribution in [-0.2, 0) is 0 Å². The van der Waals surface area contributed by atoms with Crippen molar-refractivity contribution in [1.29, 1.82) is 0 Å². The molecule has 1 aromatic heterocycles. The molecular formula is C8H11BrClN3O. The molecule has 2 atom stereocenters. The molecule has 0 saturated heterocycles. The third-order valence-corrected chi connectivity index (χ3v) is 2.96. The van der Waals surface area contributed by atoms with Gasteiger partial charge in [-0.15, -0.1) is 11.6 Å². The van der Waals surface area contributed by atoms with Crippen LogP contribution in [0.25, 0.3) is 0 Å². The monoisotopic (exact) mass is 279 g/mol. The van der Waals surface area contributed by atoms with Gasteiger partial charge in [0, 0.05) is 6.04 Å². The van der Waals surface area contributed by atoms with Gasteiger partial charge >= 0.3 is 0 Å². The van der Waals surface area contributed by atoms with Crippen LogP contribution in [0.2, 0.25) is 0 Å². The Kier molecular flexibility index (Phi) is 3.95. The lowest BCUT2D eigenvalue weighted by Crippen LogP contribution is -2.26. The predicted octanol–water partition coefficient (Wildman–Crippen LogP) is 1.96. The van der Waals surface area contributed by atoms with E-state index in [0.717, 1.165) is 0 Å². The standard InChI is InChI=1S/C8H11BrClN3O/c1-4(10)5(2)13-7-6(9)8(14)12-3-11-7/h3-5H,1-2H3,(H2,11,12,13,14). The normalized spacial score (nSPS) is 14.9. The first-order valence-electron chi connectivity index (χ1n) is 4.16. The van der Waals surface area contributed by atoms with Crippen LogP contribution >= 0.6 is 27.5 Å². The third-order valence-electron chi connectivity index (χ3n) is 1.85. The molecule has 0 aliphatic heterocycles. The first-order valence-corrected chi connectivity index (χ1v) is 5.39. The molecular weight excluding hydrogens is 269 g/mol. The zero-order chi connectivity index (χ0) is 10.7. The quantitative estimate of drug-likeness (QED) is 0.832. The van der Waals surface area contributed by atoms with Gasteiger partial charge in [-0.1, -0.05) is 0 Å². The molecule has 1 heterocycles. The average molecular weight is 281 g/mol. The van der Waals surface area contributed by atoms with Crippen molar-refractivity contribution in [3.05, 3.63) is 21.2 Å². The molecule has 2 unspecified atom stereocenters. The van der Waals surface area contributed by atoms with E-state index in [4.69, 9.17) is 11.6 Å². The molecule has 0 aromatic carbocycles. The minimum absolute atomic E-state index is 0.0389. The second kappa shape index (κ2) is 4.79. The summed E-state index contributed by atoms with van der Waals surface area (Å²) in [6, 6.07) is 0.0438. The summed E-state index contributed by atoms with van der Waals surface area (Å²) < 4.78 is 0.393. The molecule has 2 N–H and O–H groups in total. The number of halogens is 2. The highest BCUT2D eigenvalue weighted by Crippen LogP contribution is 2.16. The molecule has 14 heavy (non-hydrogen) atoms. The topological polar surface area (TPSA) is 57.8 Å². The number of rotatable bonds is 3. The average Bonchev–Trinajstić information content (AvgIpc) is 2.12. The predicted molar refractivity (Wildman–Crippen MR) is 61.0 cm³/mol.